The molecule has 0 radical (unpaired) electrons. The predicted molar refractivity (Wildman–Crippen MR) is 119 cm³/mol. The van der Waals surface area contributed by atoms with Gasteiger partial charge in [-0.25, -0.2) is 4.79 Å². The van der Waals surface area contributed by atoms with Gasteiger partial charge in [0.15, 0.2) is 0 Å². The first-order valence-electron chi connectivity index (χ1n) is 11.3. The zero-order chi connectivity index (χ0) is 21.8. The Hall–Kier alpha value is -2.95. The highest BCUT2D eigenvalue weighted by molar-refractivity contribution is 6.22. The molecule has 1 aliphatic heterocycles. The average Bonchev–Trinajstić information content (AvgIpc) is 3.06. The molecule has 1 saturated heterocycles. The van der Waals surface area contributed by atoms with E-state index in [1.54, 1.807) is 24.3 Å². The van der Waals surface area contributed by atoms with Crippen LogP contribution in [0.25, 0.3) is 0 Å². The number of ether oxygens (including phenoxy) is 1. The molecule has 2 aromatic rings. The van der Waals surface area contributed by atoms with Gasteiger partial charge >= 0.3 is 5.97 Å². The van der Waals surface area contributed by atoms with Gasteiger partial charge in [0.05, 0.1) is 29.7 Å². The molecule has 0 bridgehead atoms. The maximum Gasteiger partial charge on any atom is 0.338 e. The number of anilines is 1. The van der Waals surface area contributed by atoms with Crippen molar-refractivity contribution >= 4 is 23.5 Å². The number of hydrogen-bond donors (Lipinski definition) is 0. The van der Waals surface area contributed by atoms with Crippen molar-refractivity contribution in [1.82, 2.24) is 0 Å². The van der Waals surface area contributed by atoms with Crippen LogP contribution in [0.15, 0.2) is 54.6 Å². The maximum atomic E-state index is 13.2. The number of carbonyl (C=O) groups excluding carboxylic acids is 3. The number of benzene rings is 2. The minimum absolute atomic E-state index is 0.144. The van der Waals surface area contributed by atoms with Crippen molar-refractivity contribution in [3.63, 3.8) is 0 Å². The van der Waals surface area contributed by atoms with Crippen molar-refractivity contribution in [3.05, 3.63) is 65.7 Å². The standard InChI is InChI=1S/C26H29NO4/c1-2-3-7-15-31-26(30)20-11-8-12-21(16-20)27-24(28)22-14-13-19(17-23(22)25(27)29)18-9-5-4-6-10-18/h4-6,8-12,16,19,22-23H,2-3,7,13-15,17H2,1H3/t19-,22+,23+/m0/s1. The molecule has 0 spiro atoms. The summed E-state index contributed by atoms with van der Waals surface area (Å²) in [4.78, 5) is 40.0. The van der Waals surface area contributed by atoms with Gasteiger partial charge in [-0.15, -0.1) is 0 Å². The van der Waals surface area contributed by atoms with Crippen LogP contribution < -0.4 is 4.90 Å². The van der Waals surface area contributed by atoms with Crippen molar-refractivity contribution in [3.8, 4) is 0 Å². The van der Waals surface area contributed by atoms with E-state index in [1.165, 1.54) is 10.5 Å². The molecule has 1 heterocycles. The number of esters is 1. The summed E-state index contributed by atoms with van der Waals surface area (Å²) in [5, 5.41) is 0. The topological polar surface area (TPSA) is 63.7 Å². The van der Waals surface area contributed by atoms with E-state index in [2.05, 4.69) is 19.1 Å². The first-order valence-corrected chi connectivity index (χ1v) is 11.3. The Morgan fingerprint density at radius 2 is 1.74 bits per heavy atom. The largest absolute Gasteiger partial charge is 0.462 e. The zero-order valence-corrected chi connectivity index (χ0v) is 18.0. The summed E-state index contributed by atoms with van der Waals surface area (Å²) >= 11 is 0. The van der Waals surface area contributed by atoms with E-state index in [0.717, 1.165) is 25.7 Å². The van der Waals surface area contributed by atoms with Gasteiger partial charge in [-0.05, 0) is 55.4 Å². The summed E-state index contributed by atoms with van der Waals surface area (Å²) < 4.78 is 5.33. The number of hydrogen-bond acceptors (Lipinski definition) is 4. The summed E-state index contributed by atoms with van der Waals surface area (Å²) in [6.45, 7) is 2.47. The molecule has 4 rings (SSSR count). The Morgan fingerprint density at radius 3 is 2.52 bits per heavy atom. The zero-order valence-electron chi connectivity index (χ0n) is 18.0. The van der Waals surface area contributed by atoms with Crippen molar-refractivity contribution in [2.75, 3.05) is 11.5 Å². The normalized spacial score (nSPS) is 23.0. The minimum atomic E-state index is -0.418. The maximum absolute atomic E-state index is 13.2. The van der Waals surface area contributed by atoms with Crippen LogP contribution in [0.3, 0.4) is 0 Å². The summed E-state index contributed by atoms with van der Waals surface area (Å²) in [7, 11) is 0. The number of rotatable bonds is 7. The molecular weight excluding hydrogens is 390 g/mol. The molecule has 0 N–H and O–H groups in total. The van der Waals surface area contributed by atoms with Gasteiger partial charge in [-0.3, -0.25) is 14.5 Å². The third-order valence-electron chi connectivity index (χ3n) is 6.52. The molecule has 0 aromatic heterocycles. The van der Waals surface area contributed by atoms with Crippen LogP contribution in [0, 0.1) is 11.8 Å². The van der Waals surface area contributed by atoms with Gasteiger partial charge in [-0.1, -0.05) is 56.2 Å². The second kappa shape index (κ2) is 9.46. The molecule has 31 heavy (non-hydrogen) atoms. The van der Waals surface area contributed by atoms with Crippen molar-refractivity contribution in [2.45, 2.75) is 51.4 Å². The fourth-order valence-corrected chi connectivity index (χ4v) is 4.83. The highest BCUT2D eigenvalue weighted by Crippen LogP contribution is 2.45. The monoisotopic (exact) mass is 419 g/mol. The molecule has 2 amide bonds. The highest BCUT2D eigenvalue weighted by Gasteiger charge is 2.50. The first kappa shape index (κ1) is 21.3. The molecule has 2 fully saturated rings. The van der Waals surface area contributed by atoms with Crippen molar-refractivity contribution in [1.29, 1.82) is 0 Å². The van der Waals surface area contributed by atoms with Crippen LogP contribution in [-0.2, 0) is 14.3 Å². The second-order valence-corrected chi connectivity index (χ2v) is 8.54. The predicted octanol–water partition coefficient (Wildman–Crippen LogP) is 5.11. The fourth-order valence-electron chi connectivity index (χ4n) is 4.83. The van der Waals surface area contributed by atoms with Crippen LogP contribution in [0.4, 0.5) is 5.69 Å². The fraction of sp³-hybridized carbons (Fsp3) is 0.423. The highest BCUT2D eigenvalue weighted by atomic mass is 16.5. The van der Waals surface area contributed by atoms with Gasteiger partial charge in [0.25, 0.3) is 0 Å². The molecule has 2 aliphatic rings. The summed E-state index contributed by atoms with van der Waals surface area (Å²) in [6, 6.07) is 16.9. The van der Waals surface area contributed by atoms with Crippen LogP contribution in [0.5, 0.6) is 0 Å². The van der Waals surface area contributed by atoms with Gasteiger partial charge in [0, 0.05) is 0 Å². The van der Waals surface area contributed by atoms with Gasteiger partial charge < -0.3 is 4.74 Å². The van der Waals surface area contributed by atoms with Gasteiger partial charge in [0.2, 0.25) is 11.8 Å². The van der Waals surface area contributed by atoms with Crippen LogP contribution in [-0.4, -0.2) is 24.4 Å². The number of unbranched alkanes of at least 4 members (excludes halogenated alkanes) is 2. The van der Waals surface area contributed by atoms with E-state index in [0.29, 0.717) is 36.6 Å². The lowest BCUT2D eigenvalue weighted by Crippen LogP contribution is -2.31. The first-order chi connectivity index (χ1) is 15.1. The Morgan fingerprint density at radius 1 is 0.968 bits per heavy atom. The molecule has 3 atom stereocenters. The Kier molecular flexibility index (Phi) is 6.50. The average molecular weight is 420 g/mol. The van der Waals surface area contributed by atoms with Crippen molar-refractivity contribution < 1.29 is 19.1 Å². The number of amides is 2. The number of carbonyl (C=O) groups is 3. The molecule has 162 valence electrons. The van der Waals surface area contributed by atoms with Crippen LogP contribution in [0.2, 0.25) is 0 Å². The number of imide groups is 1. The van der Waals surface area contributed by atoms with E-state index in [1.807, 2.05) is 18.2 Å². The van der Waals surface area contributed by atoms with E-state index in [4.69, 9.17) is 4.74 Å². The molecule has 5 heteroatoms. The van der Waals surface area contributed by atoms with Crippen molar-refractivity contribution in [2.24, 2.45) is 11.8 Å². The quantitative estimate of drug-likeness (QED) is 0.356. The lowest BCUT2D eigenvalue weighted by molar-refractivity contribution is -0.122. The van der Waals surface area contributed by atoms with Crippen LogP contribution in [0.1, 0.15) is 67.3 Å². The van der Waals surface area contributed by atoms with Gasteiger partial charge in [0.1, 0.15) is 0 Å². The lowest BCUT2D eigenvalue weighted by atomic mass is 9.73. The van der Waals surface area contributed by atoms with E-state index in [9.17, 15) is 14.4 Å². The molecular formula is C26H29NO4. The third-order valence-corrected chi connectivity index (χ3v) is 6.52. The minimum Gasteiger partial charge on any atom is -0.462 e. The molecule has 5 nitrogen and oxygen atoms in total. The Balaban J connectivity index is 1.49. The summed E-state index contributed by atoms with van der Waals surface area (Å²) in [5.74, 6) is -0.977. The van der Waals surface area contributed by atoms with E-state index >= 15 is 0 Å². The van der Waals surface area contributed by atoms with Gasteiger partial charge in [-0.2, -0.15) is 0 Å². The second-order valence-electron chi connectivity index (χ2n) is 8.54. The SMILES string of the molecule is CCCCCOC(=O)c1cccc(N2C(=O)[C@@H]3CC[C@H](c4ccccc4)C[C@H]3C2=O)c1. The molecule has 2 aromatic carbocycles. The summed E-state index contributed by atoms with van der Waals surface area (Å²) in [6.07, 6.45) is 5.20. The molecule has 0 unspecified atom stereocenters. The smallest absolute Gasteiger partial charge is 0.338 e. The van der Waals surface area contributed by atoms with Crippen LogP contribution >= 0.6 is 0 Å². The van der Waals surface area contributed by atoms with E-state index < -0.39 is 5.97 Å². The Labute approximate surface area is 183 Å². The Bertz CT molecular complexity index is 955. The lowest BCUT2D eigenvalue weighted by Gasteiger charge is -2.28. The third kappa shape index (κ3) is 4.41. The molecule has 1 aliphatic carbocycles. The van der Waals surface area contributed by atoms with E-state index in [-0.39, 0.29) is 23.7 Å². The summed E-state index contributed by atoms with van der Waals surface area (Å²) in [5.41, 5.74) is 2.06. The molecule has 1 saturated carbocycles. The number of nitrogens with zero attached hydrogens (tertiary/aromatic N) is 1. The number of fused-ring (bicyclic) bond motifs is 1.